The summed E-state index contributed by atoms with van der Waals surface area (Å²) in [6, 6.07) is 5.80. The van der Waals surface area contributed by atoms with Crippen LogP contribution in [0.5, 0.6) is 0 Å². The molecule has 1 atom stereocenters. The Morgan fingerprint density at radius 2 is 1.72 bits per heavy atom. The molecule has 1 aliphatic heterocycles. The molecule has 1 heterocycles. The van der Waals surface area contributed by atoms with Crippen molar-refractivity contribution in [3.05, 3.63) is 69.4 Å². The molecule has 1 saturated heterocycles. The monoisotopic (exact) mass is 412 g/mol. The topological polar surface area (TPSA) is 49.4 Å². The van der Waals surface area contributed by atoms with E-state index in [1.54, 1.807) is 0 Å². The standard InChI is InChI=1S/C17H12BrF3N2O2/c1-17(12-6-10(19)4-5-14(12)21)15(24)23(16(25)22-17)8-9-2-3-11(20)7-13(9)18/h2-7H,8H2,1H3,(H,22,25). The summed E-state index contributed by atoms with van der Waals surface area (Å²) in [5.74, 6) is -2.72. The van der Waals surface area contributed by atoms with Crippen molar-refractivity contribution in [3.8, 4) is 0 Å². The number of benzene rings is 2. The third kappa shape index (κ3) is 3.02. The van der Waals surface area contributed by atoms with Gasteiger partial charge in [-0.15, -0.1) is 0 Å². The van der Waals surface area contributed by atoms with Crippen molar-refractivity contribution in [3.63, 3.8) is 0 Å². The fraction of sp³-hybridized carbons (Fsp3) is 0.176. The molecule has 0 spiro atoms. The van der Waals surface area contributed by atoms with Crippen LogP contribution in [0.2, 0.25) is 0 Å². The second kappa shape index (κ2) is 6.18. The highest BCUT2D eigenvalue weighted by Gasteiger charge is 2.50. The fourth-order valence-corrected chi connectivity index (χ4v) is 3.20. The van der Waals surface area contributed by atoms with Crippen LogP contribution in [0, 0.1) is 17.5 Å². The fourth-order valence-electron chi connectivity index (χ4n) is 2.72. The molecule has 25 heavy (non-hydrogen) atoms. The van der Waals surface area contributed by atoms with Crippen LogP contribution >= 0.6 is 15.9 Å². The van der Waals surface area contributed by atoms with Gasteiger partial charge in [-0.05, 0) is 42.8 Å². The molecule has 8 heteroatoms. The van der Waals surface area contributed by atoms with Gasteiger partial charge >= 0.3 is 6.03 Å². The van der Waals surface area contributed by atoms with E-state index in [2.05, 4.69) is 21.2 Å². The van der Waals surface area contributed by atoms with E-state index in [-0.39, 0.29) is 12.1 Å². The van der Waals surface area contributed by atoms with Crippen molar-refractivity contribution in [1.29, 1.82) is 0 Å². The molecule has 1 aliphatic rings. The Morgan fingerprint density at radius 3 is 2.40 bits per heavy atom. The van der Waals surface area contributed by atoms with Gasteiger partial charge in [0, 0.05) is 10.0 Å². The number of rotatable bonds is 3. The smallest absolute Gasteiger partial charge is 0.319 e. The van der Waals surface area contributed by atoms with Crippen LogP contribution in [0.25, 0.3) is 0 Å². The molecule has 3 rings (SSSR count). The summed E-state index contributed by atoms with van der Waals surface area (Å²) in [5.41, 5.74) is -1.49. The van der Waals surface area contributed by atoms with Crippen LogP contribution in [-0.2, 0) is 16.9 Å². The molecule has 0 radical (unpaired) electrons. The Labute approximate surface area is 149 Å². The Hall–Kier alpha value is -2.35. The van der Waals surface area contributed by atoms with Crippen LogP contribution in [0.4, 0.5) is 18.0 Å². The van der Waals surface area contributed by atoms with E-state index in [1.807, 2.05) is 0 Å². The van der Waals surface area contributed by atoms with Gasteiger partial charge in [0.2, 0.25) is 0 Å². The van der Waals surface area contributed by atoms with Crippen molar-refractivity contribution in [2.45, 2.75) is 19.0 Å². The molecular formula is C17H12BrF3N2O2. The van der Waals surface area contributed by atoms with Crippen molar-refractivity contribution in [2.24, 2.45) is 0 Å². The Kier molecular flexibility index (Phi) is 4.32. The second-order valence-corrected chi connectivity index (χ2v) is 6.66. The number of amides is 3. The highest BCUT2D eigenvalue weighted by Crippen LogP contribution is 2.32. The molecule has 3 amide bonds. The molecule has 0 bridgehead atoms. The predicted octanol–water partition coefficient (Wildman–Crippen LogP) is 3.83. The van der Waals surface area contributed by atoms with E-state index in [0.29, 0.717) is 10.0 Å². The van der Waals surface area contributed by atoms with E-state index in [1.165, 1.54) is 25.1 Å². The summed E-state index contributed by atoms with van der Waals surface area (Å²) in [4.78, 5) is 25.9. The average molecular weight is 413 g/mol. The highest BCUT2D eigenvalue weighted by molar-refractivity contribution is 9.10. The van der Waals surface area contributed by atoms with Gasteiger partial charge in [-0.2, -0.15) is 0 Å². The normalized spacial score (nSPS) is 20.1. The number of nitrogens with zero attached hydrogens (tertiary/aromatic N) is 1. The molecule has 0 saturated carbocycles. The lowest BCUT2D eigenvalue weighted by Crippen LogP contribution is -2.41. The number of halogens is 4. The van der Waals surface area contributed by atoms with E-state index < -0.39 is 34.9 Å². The van der Waals surface area contributed by atoms with Crippen molar-refractivity contribution in [1.82, 2.24) is 10.2 Å². The summed E-state index contributed by atoms with van der Waals surface area (Å²) < 4.78 is 41.1. The number of hydrogen-bond donors (Lipinski definition) is 1. The first-order valence-corrected chi connectivity index (χ1v) is 8.05. The van der Waals surface area contributed by atoms with E-state index in [4.69, 9.17) is 0 Å². The third-order valence-electron chi connectivity index (χ3n) is 4.09. The Bertz CT molecular complexity index is 890. The maximum absolute atomic E-state index is 14.1. The van der Waals surface area contributed by atoms with Crippen LogP contribution in [-0.4, -0.2) is 16.8 Å². The summed E-state index contributed by atoms with van der Waals surface area (Å²) in [7, 11) is 0. The first-order chi connectivity index (χ1) is 11.7. The number of urea groups is 1. The lowest BCUT2D eigenvalue weighted by molar-refractivity contribution is -0.131. The Morgan fingerprint density at radius 1 is 1.08 bits per heavy atom. The molecule has 1 N–H and O–H groups in total. The number of nitrogens with one attached hydrogen (secondary N) is 1. The average Bonchev–Trinajstić information content (AvgIpc) is 2.76. The first kappa shape index (κ1) is 17.5. The van der Waals surface area contributed by atoms with Gasteiger partial charge in [-0.25, -0.2) is 18.0 Å². The number of imide groups is 1. The van der Waals surface area contributed by atoms with Gasteiger partial charge in [-0.3, -0.25) is 9.69 Å². The van der Waals surface area contributed by atoms with Gasteiger partial charge in [0.1, 0.15) is 23.0 Å². The quantitative estimate of drug-likeness (QED) is 0.778. The molecule has 0 aromatic heterocycles. The second-order valence-electron chi connectivity index (χ2n) is 5.81. The molecule has 1 unspecified atom stereocenters. The molecular weight excluding hydrogens is 401 g/mol. The predicted molar refractivity (Wildman–Crippen MR) is 86.9 cm³/mol. The van der Waals surface area contributed by atoms with Crippen molar-refractivity contribution >= 4 is 27.9 Å². The lowest BCUT2D eigenvalue weighted by Gasteiger charge is -2.23. The zero-order valence-corrected chi connectivity index (χ0v) is 14.5. The minimum absolute atomic E-state index is 0.141. The maximum Gasteiger partial charge on any atom is 0.325 e. The van der Waals surface area contributed by atoms with Crippen LogP contribution in [0.1, 0.15) is 18.1 Å². The zero-order chi connectivity index (χ0) is 18.4. The highest BCUT2D eigenvalue weighted by atomic mass is 79.9. The Balaban J connectivity index is 1.95. The summed E-state index contributed by atoms with van der Waals surface area (Å²) in [6.07, 6.45) is 0. The summed E-state index contributed by atoms with van der Waals surface area (Å²) in [5, 5.41) is 2.41. The lowest BCUT2D eigenvalue weighted by atomic mass is 9.91. The van der Waals surface area contributed by atoms with E-state index in [9.17, 15) is 22.8 Å². The molecule has 0 aliphatic carbocycles. The van der Waals surface area contributed by atoms with Crippen LogP contribution < -0.4 is 5.32 Å². The van der Waals surface area contributed by atoms with Gasteiger partial charge in [-0.1, -0.05) is 22.0 Å². The third-order valence-corrected chi connectivity index (χ3v) is 4.82. The molecule has 2 aromatic rings. The van der Waals surface area contributed by atoms with Crippen LogP contribution in [0.3, 0.4) is 0 Å². The van der Waals surface area contributed by atoms with Gasteiger partial charge in [0.25, 0.3) is 5.91 Å². The molecule has 1 fully saturated rings. The van der Waals surface area contributed by atoms with Gasteiger partial charge in [0.15, 0.2) is 0 Å². The number of carbonyl (C=O) groups is 2. The van der Waals surface area contributed by atoms with Crippen molar-refractivity contribution in [2.75, 3.05) is 0 Å². The van der Waals surface area contributed by atoms with Crippen LogP contribution in [0.15, 0.2) is 40.9 Å². The van der Waals surface area contributed by atoms with Gasteiger partial charge < -0.3 is 5.32 Å². The molecule has 2 aromatic carbocycles. The minimum atomic E-state index is -1.73. The van der Waals surface area contributed by atoms with Gasteiger partial charge in [0.05, 0.1) is 6.54 Å². The van der Waals surface area contributed by atoms with E-state index in [0.717, 1.165) is 23.1 Å². The SMILES string of the molecule is CC1(c2cc(F)ccc2F)NC(=O)N(Cc2ccc(F)cc2Br)C1=O. The number of carbonyl (C=O) groups excluding carboxylic acids is 2. The summed E-state index contributed by atoms with van der Waals surface area (Å²) >= 11 is 3.17. The van der Waals surface area contributed by atoms with E-state index >= 15 is 0 Å². The zero-order valence-electron chi connectivity index (χ0n) is 12.9. The number of hydrogen-bond acceptors (Lipinski definition) is 2. The molecule has 130 valence electrons. The molecule has 4 nitrogen and oxygen atoms in total. The minimum Gasteiger partial charge on any atom is -0.319 e. The first-order valence-electron chi connectivity index (χ1n) is 7.26. The maximum atomic E-state index is 14.1. The largest absolute Gasteiger partial charge is 0.325 e. The summed E-state index contributed by atoms with van der Waals surface area (Å²) in [6.45, 7) is 1.17. The van der Waals surface area contributed by atoms with Crippen molar-refractivity contribution < 1.29 is 22.8 Å².